The zero-order chi connectivity index (χ0) is 14.1. The topological polar surface area (TPSA) is 66.4 Å². The Morgan fingerprint density at radius 1 is 1.26 bits per heavy atom. The molecule has 0 aliphatic heterocycles. The number of allylic oxidation sites excluding steroid dienone is 3. The average molecular weight is 259 g/mol. The quantitative estimate of drug-likeness (QED) is 0.437. The van der Waals surface area contributed by atoms with Crippen LogP contribution in [0, 0.1) is 5.92 Å². The van der Waals surface area contributed by atoms with Crippen molar-refractivity contribution in [3.05, 3.63) is 54.1 Å². The van der Waals surface area contributed by atoms with Crippen molar-refractivity contribution >= 4 is 18.0 Å². The predicted octanol–water partition coefficient (Wildman–Crippen LogP) is 1.19. The molecule has 19 heavy (non-hydrogen) atoms. The average Bonchev–Trinajstić information content (AvgIpc) is 2.42. The fourth-order valence-corrected chi connectivity index (χ4v) is 1.45. The van der Waals surface area contributed by atoms with Gasteiger partial charge in [-0.2, -0.15) is 0 Å². The summed E-state index contributed by atoms with van der Waals surface area (Å²) in [5.74, 6) is -3.48. The number of hydrogen-bond donors (Lipinski definition) is 0. The monoisotopic (exact) mass is 259 g/mol. The summed E-state index contributed by atoms with van der Waals surface area (Å²) < 4.78 is 4.39. The Morgan fingerprint density at radius 2 is 1.95 bits per heavy atom. The molecule has 1 unspecified atom stereocenters. The lowest BCUT2D eigenvalue weighted by Gasteiger charge is -2.12. The van der Waals surface area contributed by atoms with E-state index in [4.69, 9.17) is 0 Å². The molecule has 0 fully saturated rings. The Hall–Kier alpha value is -2.36. The second-order valence-corrected chi connectivity index (χ2v) is 3.83. The fourth-order valence-electron chi connectivity index (χ4n) is 1.45. The third kappa shape index (κ3) is 5.21. The molecule has 4 nitrogen and oxygen atoms in total. The fraction of sp³-hybridized carbons (Fsp3) is 0.200. The summed E-state index contributed by atoms with van der Waals surface area (Å²) in [6, 6.07) is 9.67. The van der Waals surface area contributed by atoms with Gasteiger partial charge < -0.3 is 14.6 Å². The van der Waals surface area contributed by atoms with Gasteiger partial charge in [0.15, 0.2) is 0 Å². The second-order valence-electron chi connectivity index (χ2n) is 3.83. The number of aliphatic carboxylic acids is 1. The maximum absolute atomic E-state index is 11.1. The molecule has 0 aliphatic carbocycles. The molecule has 0 amide bonds. The standard InChI is InChI=1S/C15H16O4/c1-19-15(18)13(14(16)17)11-7-3-6-10-12-8-4-2-5-9-12/h2-10,13H,11H2,1H3,(H,16,17)/p-1/b7-3+,10-6+. The SMILES string of the molecule is COC(=O)C(C/C=C/C=C/c1ccccc1)C(=O)[O-]. The highest BCUT2D eigenvalue weighted by molar-refractivity contribution is 5.93. The summed E-state index contributed by atoms with van der Waals surface area (Å²) in [5, 5.41) is 10.7. The van der Waals surface area contributed by atoms with Crippen LogP contribution >= 0.6 is 0 Å². The molecule has 0 aliphatic rings. The number of hydrogen-bond acceptors (Lipinski definition) is 4. The normalized spacial score (nSPS) is 12.7. The number of methoxy groups -OCH3 is 1. The summed E-state index contributed by atoms with van der Waals surface area (Å²) in [6.45, 7) is 0. The van der Waals surface area contributed by atoms with E-state index in [0.29, 0.717) is 0 Å². The largest absolute Gasteiger partial charge is 0.549 e. The van der Waals surface area contributed by atoms with E-state index in [2.05, 4.69) is 4.74 Å². The zero-order valence-corrected chi connectivity index (χ0v) is 10.6. The van der Waals surface area contributed by atoms with Gasteiger partial charge in [0.05, 0.1) is 19.0 Å². The maximum Gasteiger partial charge on any atom is 0.314 e. The van der Waals surface area contributed by atoms with Gasteiger partial charge in [0.2, 0.25) is 0 Å². The Morgan fingerprint density at radius 3 is 2.53 bits per heavy atom. The van der Waals surface area contributed by atoms with Crippen molar-refractivity contribution in [3.8, 4) is 0 Å². The molecule has 1 atom stereocenters. The number of carboxylic acid groups (broad SMARTS) is 1. The molecule has 0 N–H and O–H groups in total. The van der Waals surface area contributed by atoms with Crippen LogP contribution in [0.5, 0.6) is 0 Å². The van der Waals surface area contributed by atoms with Crippen molar-refractivity contribution in [2.45, 2.75) is 6.42 Å². The zero-order valence-electron chi connectivity index (χ0n) is 10.6. The first-order chi connectivity index (χ1) is 9.15. The van der Waals surface area contributed by atoms with Crippen LogP contribution in [0.2, 0.25) is 0 Å². The number of benzene rings is 1. The highest BCUT2D eigenvalue weighted by atomic mass is 16.5. The van der Waals surface area contributed by atoms with Crippen molar-refractivity contribution in [1.29, 1.82) is 0 Å². The maximum atomic E-state index is 11.1. The molecule has 1 aromatic carbocycles. The van der Waals surface area contributed by atoms with E-state index in [1.54, 1.807) is 18.2 Å². The van der Waals surface area contributed by atoms with E-state index in [1.807, 2.05) is 36.4 Å². The van der Waals surface area contributed by atoms with Crippen LogP contribution in [0.15, 0.2) is 48.6 Å². The van der Waals surface area contributed by atoms with Crippen LogP contribution in [0.1, 0.15) is 12.0 Å². The Balaban J connectivity index is 2.51. The van der Waals surface area contributed by atoms with E-state index in [0.717, 1.165) is 12.7 Å². The summed E-state index contributed by atoms with van der Waals surface area (Å²) in [5.41, 5.74) is 1.04. The third-order valence-corrected chi connectivity index (χ3v) is 2.48. The molecule has 0 heterocycles. The van der Waals surface area contributed by atoms with Gasteiger partial charge in [-0.3, -0.25) is 4.79 Å². The molecule has 1 rings (SSSR count). The molecule has 0 bridgehead atoms. The minimum absolute atomic E-state index is 0.0497. The molecule has 100 valence electrons. The van der Waals surface area contributed by atoms with Crippen molar-refractivity contribution in [2.75, 3.05) is 7.11 Å². The third-order valence-electron chi connectivity index (χ3n) is 2.48. The second kappa shape index (κ2) is 7.87. The number of carbonyl (C=O) groups excluding carboxylic acids is 2. The number of ether oxygens (including phenoxy) is 1. The molecular weight excluding hydrogens is 244 g/mol. The van der Waals surface area contributed by atoms with E-state index >= 15 is 0 Å². The van der Waals surface area contributed by atoms with E-state index in [-0.39, 0.29) is 6.42 Å². The molecule has 0 saturated carbocycles. The van der Waals surface area contributed by atoms with Crippen LogP contribution in [0.4, 0.5) is 0 Å². The van der Waals surface area contributed by atoms with Crippen LogP contribution in [-0.2, 0) is 14.3 Å². The predicted molar refractivity (Wildman–Crippen MR) is 69.7 cm³/mol. The van der Waals surface area contributed by atoms with Gasteiger partial charge in [-0.25, -0.2) is 0 Å². The number of carbonyl (C=O) groups is 2. The molecule has 4 heteroatoms. The first-order valence-electron chi connectivity index (χ1n) is 5.82. The number of rotatable bonds is 6. The number of carboxylic acids is 1. The Kier molecular flexibility index (Phi) is 6.09. The first kappa shape index (κ1) is 14.7. The molecule has 0 saturated heterocycles. The molecule has 1 aromatic rings. The van der Waals surface area contributed by atoms with Gasteiger partial charge in [0, 0.05) is 0 Å². The van der Waals surface area contributed by atoms with Gasteiger partial charge in [-0.1, -0.05) is 54.6 Å². The lowest BCUT2D eigenvalue weighted by atomic mass is 10.1. The van der Waals surface area contributed by atoms with Crippen molar-refractivity contribution in [2.24, 2.45) is 5.92 Å². The highest BCUT2D eigenvalue weighted by Crippen LogP contribution is 2.06. The summed E-state index contributed by atoms with van der Waals surface area (Å²) in [4.78, 5) is 21.9. The van der Waals surface area contributed by atoms with Crippen molar-refractivity contribution in [3.63, 3.8) is 0 Å². The van der Waals surface area contributed by atoms with Crippen molar-refractivity contribution in [1.82, 2.24) is 0 Å². The summed E-state index contributed by atoms with van der Waals surface area (Å²) in [7, 11) is 1.15. The smallest absolute Gasteiger partial charge is 0.314 e. The van der Waals surface area contributed by atoms with Gasteiger partial charge in [0.25, 0.3) is 0 Å². The van der Waals surface area contributed by atoms with Crippen LogP contribution in [-0.4, -0.2) is 19.0 Å². The van der Waals surface area contributed by atoms with Crippen molar-refractivity contribution < 1.29 is 19.4 Å². The Bertz CT molecular complexity index is 474. The van der Waals surface area contributed by atoms with Crippen LogP contribution in [0.25, 0.3) is 6.08 Å². The van der Waals surface area contributed by atoms with E-state index < -0.39 is 17.9 Å². The highest BCUT2D eigenvalue weighted by Gasteiger charge is 2.18. The summed E-state index contributed by atoms with van der Waals surface area (Å²) >= 11 is 0. The lowest BCUT2D eigenvalue weighted by molar-refractivity contribution is -0.310. The van der Waals surface area contributed by atoms with E-state index in [9.17, 15) is 14.7 Å². The molecule has 0 aromatic heterocycles. The number of esters is 1. The minimum atomic E-state index is -1.43. The molecule has 0 radical (unpaired) electrons. The molecular formula is C15H15O4-. The molecule has 0 spiro atoms. The Labute approximate surface area is 112 Å². The summed E-state index contributed by atoms with van der Waals surface area (Å²) in [6.07, 6.45) is 6.98. The van der Waals surface area contributed by atoms with Crippen LogP contribution < -0.4 is 5.11 Å². The van der Waals surface area contributed by atoms with Crippen LogP contribution in [0.3, 0.4) is 0 Å². The van der Waals surface area contributed by atoms with Gasteiger partial charge in [0.1, 0.15) is 0 Å². The van der Waals surface area contributed by atoms with Gasteiger partial charge >= 0.3 is 5.97 Å². The van der Waals surface area contributed by atoms with Gasteiger partial charge in [-0.05, 0) is 12.0 Å². The van der Waals surface area contributed by atoms with E-state index in [1.165, 1.54) is 0 Å². The van der Waals surface area contributed by atoms with Gasteiger partial charge in [-0.15, -0.1) is 0 Å². The lowest BCUT2D eigenvalue weighted by Crippen LogP contribution is -2.36. The minimum Gasteiger partial charge on any atom is -0.549 e. The first-order valence-corrected chi connectivity index (χ1v) is 5.82.